The fourth-order valence-corrected chi connectivity index (χ4v) is 8.30. The van der Waals surface area contributed by atoms with Gasteiger partial charge < -0.3 is 35.4 Å². The molecule has 0 aromatic rings. The molecule has 0 unspecified atom stereocenters. The maximum absolute atomic E-state index is 11.8. The van der Waals surface area contributed by atoms with Crippen LogP contribution in [0.15, 0.2) is 0 Å². The molecule has 0 aromatic carbocycles. The predicted molar refractivity (Wildman–Crippen MR) is 93.4 cm³/mol. The summed E-state index contributed by atoms with van der Waals surface area (Å²) in [7, 11) is 0. The Morgan fingerprint density at radius 2 is 1.59 bits per heavy atom. The number of aliphatic hydroxyl groups excluding tert-OH is 3. The molecule has 5 rings (SSSR count). The summed E-state index contributed by atoms with van der Waals surface area (Å²) in [5.74, 6) is -2.04. The fourth-order valence-electron chi connectivity index (χ4n) is 8.30. The van der Waals surface area contributed by atoms with E-state index in [1.165, 1.54) is 0 Å². The first kappa shape index (κ1) is 18.7. The van der Waals surface area contributed by atoms with Crippen LogP contribution in [-0.2, 0) is 4.74 Å². The van der Waals surface area contributed by atoms with Gasteiger partial charge in [0.2, 0.25) is 0 Å². The molecule has 4 aliphatic carbocycles. The lowest BCUT2D eigenvalue weighted by Crippen LogP contribution is -2.63. The summed E-state index contributed by atoms with van der Waals surface area (Å²) >= 11 is 0. The summed E-state index contributed by atoms with van der Waals surface area (Å²) in [6, 6.07) is 0. The number of rotatable bonds is 0. The van der Waals surface area contributed by atoms with Crippen LogP contribution in [0.1, 0.15) is 47.0 Å². The van der Waals surface area contributed by atoms with Gasteiger partial charge in [-0.05, 0) is 39.0 Å². The van der Waals surface area contributed by atoms with E-state index < -0.39 is 63.7 Å². The highest BCUT2D eigenvalue weighted by atomic mass is 16.6. The molecule has 0 amide bonds. The molecule has 5 aliphatic rings. The van der Waals surface area contributed by atoms with Gasteiger partial charge in [-0.15, -0.1) is 0 Å². The molecule has 1 heterocycles. The molecule has 1 aliphatic heterocycles. The van der Waals surface area contributed by atoms with Crippen molar-refractivity contribution in [1.29, 1.82) is 0 Å². The van der Waals surface area contributed by atoms with Gasteiger partial charge in [0.05, 0.1) is 41.7 Å². The first-order valence-corrected chi connectivity index (χ1v) is 10.1. The van der Waals surface area contributed by atoms with Gasteiger partial charge in [-0.2, -0.15) is 0 Å². The van der Waals surface area contributed by atoms with Crippen LogP contribution < -0.4 is 0 Å². The van der Waals surface area contributed by atoms with E-state index >= 15 is 0 Å². The molecule has 2 bridgehead atoms. The summed E-state index contributed by atoms with van der Waals surface area (Å²) in [5.41, 5.74) is -6.10. The normalized spacial score (nSPS) is 68.7. The van der Waals surface area contributed by atoms with Crippen LogP contribution in [0.5, 0.6) is 0 Å². The molecule has 1 saturated heterocycles. The molecule has 1 spiro atoms. The van der Waals surface area contributed by atoms with E-state index in [4.69, 9.17) is 4.74 Å². The van der Waals surface area contributed by atoms with Crippen molar-refractivity contribution in [3.63, 3.8) is 0 Å². The number of ether oxygens (including phenoxy) is 1. The van der Waals surface area contributed by atoms with Crippen molar-refractivity contribution in [1.82, 2.24) is 0 Å². The fraction of sp³-hybridized carbons (Fsp3) is 1.00. The Kier molecular flexibility index (Phi) is 3.27. The highest BCUT2D eigenvalue weighted by molar-refractivity contribution is 5.31. The van der Waals surface area contributed by atoms with Crippen molar-refractivity contribution in [2.24, 2.45) is 28.6 Å². The second kappa shape index (κ2) is 4.72. The van der Waals surface area contributed by atoms with Gasteiger partial charge >= 0.3 is 0 Å². The lowest BCUT2D eigenvalue weighted by atomic mass is 9.57. The van der Waals surface area contributed by atoms with Crippen LogP contribution in [-0.4, -0.2) is 78.0 Å². The molecular weight excluding hydrogens is 352 g/mol. The summed E-state index contributed by atoms with van der Waals surface area (Å²) in [4.78, 5) is 0. The topological polar surface area (TPSA) is 134 Å². The van der Waals surface area contributed by atoms with Crippen LogP contribution >= 0.6 is 0 Å². The van der Waals surface area contributed by atoms with E-state index in [9.17, 15) is 30.6 Å². The Bertz CT molecular complexity index is 690. The second-order valence-electron chi connectivity index (χ2n) is 11.1. The van der Waals surface area contributed by atoms with Crippen molar-refractivity contribution < 1.29 is 35.4 Å². The Labute approximate surface area is 159 Å². The zero-order valence-electron chi connectivity index (χ0n) is 16.3. The molecule has 6 N–H and O–H groups in total. The van der Waals surface area contributed by atoms with Gasteiger partial charge in [-0.1, -0.05) is 13.8 Å². The highest BCUT2D eigenvalue weighted by Gasteiger charge is 2.83. The average Bonchev–Trinajstić information content (AvgIpc) is 3.23. The van der Waals surface area contributed by atoms with Crippen LogP contribution in [0.2, 0.25) is 0 Å². The third kappa shape index (κ3) is 1.80. The minimum atomic E-state index is -1.58. The van der Waals surface area contributed by atoms with Crippen LogP contribution in [0.4, 0.5) is 0 Å². The number of fused-ring (bicyclic) bond motifs is 4. The third-order valence-electron chi connectivity index (χ3n) is 9.41. The SMILES string of the molecule is CC1(C)[C@H]2O[C@H]2[C@H]2[C@](C)(O)[C@@H]3C[C@@H](O)[C@@H]4[C@@H](O)[C@@]3(C[C@@H](O)[C@@]21O)C[C@@]4(C)O. The van der Waals surface area contributed by atoms with Gasteiger partial charge in [0, 0.05) is 22.7 Å². The van der Waals surface area contributed by atoms with Gasteiger partial charge in [-0.3, -0.25) is 0 Å². The average molecular weight is 384 g/mol. The maximum Gasteiger partial charge on any atom is 0.106 e. The van der Waals surface area contributed by atoms with E-state index in [-0.39, 0.29) is 31.5 Å². The van der Waals surface area contributed by atoms with Crippen LogP contribution in [0.3, 0.4) is 0 Å². The monoisotopic (exact) mass is 384 g/mol. The van der Waals surface area contributed by atoms with E-state index in [0.29, 0.717) is 0 Å². The summed E-state index contributed by atoms with van der Waals surface area (Å²) in [5, 5.41) is 67.7. The molecule has 0 aromatic heterocycles. The molecule has 154 valence electrons. The largest absolute Gasteiger partial charge is 0.393 e. The molecular formula is C20H32O7. The smallest absolute Gasteiger partial charge is 0.106 e. The van der Waals surface area contributed by atoms with Crippen LogP contribution in [0.25, 0.3) is 0 Å². The van der Waals surface area contributed by atoms with Gasteiger partial charge in [0.25, 0.3) is 0 Å². The number of hydrogen-bond acceptors (Lipinski definition) is 7. The second-order valence-corrected chi connectivity index (χ2v) is 11.1. The van der Waals surface area contributed by atoms with E-state index in [1.54, 1.807) is 13.8 Å². The predicted octanol–water partition coefficient (Wildman–Crippen LogP) is -0.844. The van der Waals surface area contributed by atoms with Crippen molar-refractivity contribution >= 4 is 0 Å². The zero-order valence-corrected chi connectivity index (χ0v) is 16.3. The molecule has 7 nitrogen and oxygen atoms in total. The van der Waals surface area contributed by atoms with Crippen molar-refractivity contribution in [3.05, 3.63) is 0 Å². The molecule has 5 fully saturated rings. The van der Waals surface area contributed by atoms with Gasteiger partial charge in [0.1, 0.15) is 5.60 Å². The molecule has 0 radical (unpaired) electrons. The van der Waals surface area contributed by atoms with Crippen molar-refractivity contribution in [2.75, 3.05) is 0 Å². The first-order valence-electron chi connectivity index (χ1n) is 10.1. The highest BCUT2D eigenvalue weighted by Crippen LogP contribution is 2.72. The number of epoxide rings is 1. The minimum absolute atomic E-state index is 0.0736. The lowest BCUT2D eigenvalue weighted by molar-refractivity contribution is -0.225. The minimum Gasteiger partial charge on any atom is -0.393 e. The zero-order chi connectivity index (χ0) is 19.9. The van der Waals surface area contributed by atoms with Gasteiger partial charge in [-0.25, -0.2) is 0 Å². The lowest BCUT2D eigenvalue weighted by Gasteiger charge is -2.52. The molecule has 7 heteroatoms. The summed E-state index contributed by atoms with van der Waals surface area (Å²) in [6.07, 6.45) is -3.35. The Morgan fingerprint density at radius 3 is 2.22 bits per heavy atom. The number of hydrogen-bond donors (Lipinski definition) is 6. The van der Waals surface area contributed by atoms with Gasteiger partial charge in [0.15, 0.2) is 0 Å². The van der Waals surface area contributed by atoms with E-state index in [2.05, 4.69) is 0 Å². The Morgan fingerprint density at radius 1 is 0.963 bits per heavy atom. The Hall–Kier alpha value is -0.280. The molecule has 12 atom stereocenters. The standard InChI is InChI=1S/C20H32O7/c1-16(2)15-12(27-15)13-18(4,25)9-5-8(21)11-14(23)19(9,7-17(11,3)24)6-10(22)20(13,16)26/h8-15,21-26H,5-7H2,1-4H3/t8-,9+,10-,11-,12+,13+,14-,15+,17-,18-,19+,20-/m1/s1. The van der Waals surface area contributed by atoms with E-state index in [0.717, 1.165) is 0 Å². The molecule has 27 heavy (non-hydrogen) atoms. The summed E-state index contributed by atoms with van der Waals surface area (Å²) < 4.78 is 5.79. The first-order chi connectivity index (χ1) is 12.2. The van der Waals surface area contributed by atoms with Crippen molar-refractivity contribution in [2.45, 2.75) is 94.3 Å². The van der Waals surface area contributed by atoms with E-state index in [1.807, 2.05) is 13.8 Å². The maximum atomic E-state index is 11.8. The van der Waals surface area contributed by atoms with Crippen LogP contribution in [0, 0.1) is 28.6 Å². The van der Waals surface area contributed by atoms with Crippen molar-refractivity contribution in [3.8, 4) is 0 Å². The summed E-state index contributed by atoms with van der Waals surface area (Å²) in [6.45, 7) is 6.94. The third-order valence-corrected chi connectivity index (χ3v) is 9.41. The number of aliphatic hydroxyl groups is 6. The quantitative estimate of drug-likeness (QED) is 0.300. The molecule has 4 saturated carbocycles. The Balaban J connectivity index is 1.71.